The Morgan fingerprint density at radius 3 is 2.45 bits per heavy atom. The predicted molar refractivity (Wildman–Crippen MR) is 87.9 cm³/mol. The summed E-state index contributed by atoms with van der Waals surface area (Å²) in [6.45, 7) is 4.75. The molecule has 1 aromatic heterocycles. The number of hydrogen-bond acceptors (Lipinski definition) is 3. The minimum absolute atomic E-state index is 0.505. The Morgan fingerprint density at radius 2 is 1.85 bits per heavy atom. The summed E-state index contributed by atoms with van der Waals surface area (Å²) in [7, 11) is 0. The molecule has 0 saturated heterocycles. The number of rotatable bonds is 4. The van der Waals surface area contributed by atoms with Crippen molar-refractivity contribution in [3.8, 4) is 0 Å². The van der Waals surface area contributed by atoms with Gasteiger partial charge >= 0.3 is 0 Å². The lowest BCUT2D eigenvalue weighted by molar-refractivity contribution is 0.930. The standard InChI is InChI=1S/C14H14BrCl2N3/c1-3-18-14-13(15)8(2)19-12(20-14)7-9-10(16)5-4-6-11(9)17/h4-6H,3,7H2,1-2H3,(H,18,19,20). The summed E-state index contributed by atoms with van der Waals surface area (Å²) >= 11 is 15.9. The SMILES string of the molecule is CCNc1nc(Cc2c(Cl)cccc2Cl)nc(C)c1Br. The molecule has 0 atom stereocenters. The van der Waals surface area contributed by atoms with Crippen LogP contribution in [0, 0.1) is 6.92 Å². The van der Waals surface area contributed by atoms with Crippen molar-refractivity contribution >= 4 is 44.9 Å². The summed E-state index contributed by atoms with van der Waals surface area (Å²) in [6, 6.07) is 5.46. The topological polar surface area (TPSA) is 37.8 Å². The van der Waals surface area contributed by atoms with Crippen LogP contribution in [0.2, 0.25) is 10.0 Å². The van der Waals surface area contributed by atoms with Gasteiger partial charge in [0.1, 0.15) is 11.6 Å². The number of nitrogens with zero attached hydrogens (tertiary/aromatic N) is 2. The zero-order chi connectivity index (χ0) is 14.7. The Labute approximate surface area is 136 Å². The van der Waals surface area contributed by atoms with Gasteiger partial charge in [-0.1, -0.05) is 29.3 Å². The molecule has 0 radical (unpaired) electrons. The van der Waals surface area contributed by atoms with E-state index in [1.807, 2.05) is 32.0 Å². The number of nitrogens with one attached hydrogen (secondary N) is 1. The van der Waals surface area contributed by atoms with Crippen molar-refractivity contribution in [2.45, 2.75) is 20.3 Å². The minimum Gasteiger partial charge on any atom is -0.369 e. The summed E-state index contributed by atoms with van der Waals surface area (Å²) in [5.74, 6) is 1.48. The molecule has 0 aliphatic carbocycles. The molecule has 3 nitrogen and oxygen atoms in total. The molecule has 2 rings (SSSR count). The Bertz CT molecular complexity index is 612. The molecule has 0 aliphatic heterocycles. The smallest absolute Gasteiger partial charge is 0.144 e. The van der Waals surface area contributed by atoms with Gasteiger partial charge in [-0.3, -0.25) is 0 Å². The first-order chi connectivity index (χ1) is 9.52. The van der Waals surface area contributed by atoms with E-state index >= 15 is 0 Å². The minimum atomic E-state index is 0.505. The Balaban J connectivity index is 2.39. The van der Waals surface area contributed by atoms with Crippen molar-refractivity contribution in [2.75, 3.05) is 11.9 Å². The first kappa shape index (κ1) is 15.5. The van der Waals surface area contributed by atoms with Gasteiger partial charge in [0.05, 0.1) is 10.2 Å². The van der Waals surface area contributed by atoms with E-state index in [2.05, 4.69) is 31.2 Å². The van der Waals surface area contributed by atoms with Gasteiger partial charge in [-0.15, -0.1) is 0 Å². The van der Waals surface area contributed by atoms with E-state index in [1.165, 1.54) is 0 Å². The van der Waals surface area contributed by atoms with Gasteiger partial charge < -0.3 is 5.32 Å². The normalized spacial score (nSPS) is 10.7. The number of halogens is 3. The second-order valence-corrected chi connectivity index (χ2v) is 5.90. The van der Waals surface area contributed by atoms with E-state index in [-0.39, 0.29) is 0 Å². The Morgan fingerprint density at radius 1 is 1.20 bits per heavy atom. The lowest BCUT2D eigenvalue weighted by Gasteiger charge is -2.11. The molecule has 0 spiro atoms. The van der Waals surface area contributed by atoms with E-state index in [1.54, 1.807) is 0 Å². The van der Waals surface area contributed by atoms with Crippen LogP contribution in [0.4, 0.5) is 5.82 Å². The molecule has 1 N–H and O–H groups in total. The second kappa shape index (κ2) is 6.74. The summed E-state index contributed by atoms with van der Waals surface area (Å²) < 4.78 is 0.883. The largest absolute Gasteiger partial charge is 0.369 e. The third kappa shape index (κ3) is 3.43. The first-order valence-electron chi connectivity index (χ1n) is 6.22. The van der Waals surface area contributed by atoms with Gasteiger partial charge in [-0.2, -0.15) is 0 Å². The molecule has 1 aromatic carbocycles. The number of aromatic nitrogens is 2. The molecule has 1 heterocycles. The van der Waals surface area contributed by atoms with Crippen molar-refractivity contribution in [3.63, 3.8) is 0 Å². The monoisotopic (exact) mass is 373 g/mol. The highest BCUT2D eigenvalue weighted by Crippen LogP contribution is 2.28. The number of hydrogen-bond donors (Lipinski definition) is 1. The number of benzene rings is 1. The quantitative estimate of drug-likeness (QED) is 0.828. The third-order valence-corrected chi connectivity index (χ3v) is 4.46. The average molecular weight is 375 g/mol. The molecular weight excluding hydrogens is 361 g/mol. The van der Waals surface area contributed by atoms with Gasteiger partial charge in [0.2, 0.25) is 0 Å². The summed E-state index contributed by atoms with van der Waals surface area (Å²) in [6.07, 6.45) is 0.505. The third-order valence-electron chi connectivity index (χ3n) is 2.80. The average Bonchev–Trinajstić information content (AvgIpc) is 2.40. The molecule has 20 heavy (non-hydrogen) atoms. The van der Waals surface area contributed by atoms with Crippen molar-refractivity contribution in [1.82, 2.24) is 9.97 Å². The first-order valence-corrected chi connectivity index (χ1v) is 7.77. The zero-order valence-corrected chi connectivity index (χ0v) is 14.3. The van der Waals surface area contributed by atoms with Crippen LogP contribution in [0.3, 0.4) is 0 Å². The van der Waals surface area contributed by atoms with E-state index in [4.69, 9.17) is 23.2 Å². The van der Waals surface area contributed by atoms with Crippen LogP contribution in [0.15, 0.2) is 22.7 Å². The molecule has 0 aliphatic rings. The van der Waals surface area contributed by atoms with Gasteiger partial charge in [0.25, 0.3) is 0 Å². The van der Waals surface area contributed by atoms with Crippen molar-refractivity contribution < 1.29 is 0 Å². The van der Waals surface area contributed by atoms with Gasteiger partial charge in [-0.05, 0) is 47.5 Å². The predicted octanol–water partition coefficient (Wildman–Crippen LogP) is 4.88. The van der Waals surface area contributed by atoms with Gasteiger partial charge in [-0.25, -0.2) is 9.97 Å². The van der Waals surface area contributed by atoms with Crippen LogP contribution in [-0.2, 0) is 6.42 Å². The maximum absolute atomic E-state index is 6.19. The highest BCUT2D eigenvalue weighted by molar-refractivity contribution is 9.10. The summed E-state index contributed by atoms with van der Waals surface area (Å²) in [4.78, 5) is 8.99. The fraction of sp³-hybridized carbons (Fsp3) is 0.286. The zero-order valence-electron chi connectivity index (χ0n) is 11.2. The van der Waals surface area contributed by atoms with E-state index in [9.17, 15) is 0 Å². The molecule has 106 valence electrons. The van der Waals surface area contributed by atoms with E-state index < -0.39 is 0 Å². The van der Waals surface area contributed by atoms with Crippen LogP contribution in [0.5, 0.6) is 0 Å². The maximum Gasteiger partial charge on any atom is 0.144 e. The molecule has 0 amide bonds. The number of anilines is 1. The molecular formula is C14H14BrCl2N3. The van der Waals surface area contributed by atoms with Gasteiger partial charge in [0, 0.05) is 23.0 Å². The highest BCUT2D eigenvalue weighted by atomic mass is 79.9. The molecule has 6 heteroatoms. The molecule has 0 bridgehead atoms. The fourth-order valence-corrected chi connectivity index (χ4v) is 2.69. The fourth-order valence-electron chi connectivity index (χ4n) is 1.84. The van der Waals surface area contributed by atoms with Crippen LogP contribution >= 0.6 is 39.1 Å². The Hall–Kier alpha value is -0.840. The Kier molecular flexibility index (Phi) is 5.24. The van der Waals surface area contributed by atoms with Crippen LogP contribution < -0.4 is 5.32 Å². The van der Waals surface area contributed by atoms with E-state index in [0.29, 0.717) is 22.3 Å². The van der Waals surface area contributed by atoms with Gasteiger partial charge in [0.15, 0.2) is 0 Å². The van der Waals surface area contributed by atoms with Crippen molar-refractivity contribution in [1.29, 1.82) is 0 Å². The summed E-state index contributed by atoms with van der Waals surface area (Å²) in [5, 5.41) is 4.47. The lowest BCUT2D eigenvalue weighted by Crippen LogP contribution is -2.07. The van der Waals surface area contributed by atoms with Crippen molar-refractivity contribution in [2.24, 2.45) is 0 Å². The van der Waals surface area contributed by atoms with Crippen LogP contribution in [0.1, 0.15) is 24.0 Å². The van der Waals surface area contributed by atoms with Crippen LogP contribution in [-0.4, -0.2) is 16.5 Å². The molecule has 0 saturated carbocycles. The molecule has 2 aromatic rings. The summed E-state index contributed by atoms with van der Waals surface area (Å²) in [5.41, 5.74) is 1.73. The van der Waals surface area contributed by atoms with Crippen molar-refractivity contribution in [3.05, 3.63) is 49.8 Å². The highest BCUT2D eigenvalue weighted by Gasteiger charge is 2.12. The molecule has 0 fully saturated rings. The van der Waals surface area contributed by atoms with E-state index in [0.717, 1.165) is 28.1 Å². The molecule has 0 unspecified atom stereocenters. The van der Waals surface area contributed by atoms with Crippen LogP contribution in [0.25, 0.3) is 0 Å². The lowest BCUT2D eigenvalue weighted by atomic mass is 10.1. The second-order valence-electron chi connectivity index (χ2n) is 4.30. The maximum atomic E-state index is 6.19. The number of aryl methyl sites for hydroxylation is 1.